The second-order valence-electron chi connectivity index (χ2n) is 3.98. The molecule has 100 valence electrons. The Morgan fingerprint density at radius 1 is 1.42 bits per heavy atom. The molecule has 19 heavy (non-hydrogen) atoms. The maximum Gasteiger partial charge on any atom is 0.234 e. The van der Waals surface area contributed by atoms with Gasteiger partial charge in [-0.05, 0) is 31.2 Å². The van der Waals surface area contributed by atoms with Gasteiger partial charge in [0.25, 0.3) is 0 Å². The molecule has 1 aromatic heterocycles. The van der Waals surface area contributed by atoms with Gasteiger partial charge < -0.3 is 9.84 Å². The Hall–Kier alpha value is -1.27. The summed E-state index contributed by atoms with van der Waals surface area (Å²) in [4.78, 5) is 11.7. The molecule has 0 saturated carbocycles. The number of benzene rings is 1. The lowest BCUT2D eigenvalue weighted by Gasteiger charge is -2.04. The van der Waals surface area contributed by atoms with E-state index in [0.29, 0.717) is 11.5 Å². The number of aryl methyl sites for hydroxylation is 1. The number of aromatic nitrogens is 1. The van der Waals surface area contributed by atoms with E-state index in [1.807, 2.05) is 37.3 Å². The van der Waals surface area contributed by atoms with Crippen LogP contribution in [-0.4, -0.2) is 16.8 Å². The summed E-state index contributed by atoms with van der Waals surface area (Å²) in [5, 5.41) is 6.71. The van der Waals surface area contributed by atoms with E-state index in [-0.39, 0.29) is 5.91 Å². The summed E-state index contributed by atoms with van der Waals surface area (Å²) in [6.45, 7) is 1.85. The summed E-state index contributed by atoms with van der Waals surface area (Å²) in [5.41, 5.74) is 1.66. The van der Waals surface area contributed by atoms with Gasteiger partial charge in [0.2, 0.25) is 5.91 Å². The lowest BCUT2D eigenvalue weighted by atomic mass is 10.3. The molecule has 0 bridgehead atoms. The second-order valence-corrected chi connectivity index (χ2v) is 5.88. The smallest absolute Gasteiger partial charge is 0.234 e. The predicted molar refractivity (Wildman–Crippen MR) is 80.2 cm³/mol. The summed E-state index contributed by atoms with van der Waals surface area (Å²) >= 11 is 4.86. The Kier molecular flexibility index (Phi) is 5.04. The average Bonchev–Trinajstić information content (AvgIpc) is 2.78. The lowest BCUT2D eigenvalue weighted by Crippen LogP contribution is -2.14. The van der Waals surface area contributed by atoms with Crippen LogP contribution >= 0.6 is 27.7 Å². The zero-order valence-corrected chi connectivity index (χ0v) is 12.8. The summed E-state index contributed by atoms with van der Waals surface area (Å²) in [6, 6.07) is 9.36. The van der Waals surface area contributed by atoms with Gasteiger partial charge in [-0.1, -0.05) is 21.1 Å². The number of rotatable bonds is 5. The quantitative estimate of drug-likeness (QED) is 0.903. The zero-order chi connectivity index (χ0) is 13.7. The molecule has 0 spiro atoms. The molecule has 2 aromatic rings. The van der Waals surface area contributed by atoms with Gasteiger partial charge in [-0.3, -0.25) is 4.79 Å². The van der Waals surface area contributed by atoms with Crippen molar-refractivity contribution in [1.82, 2.24) is 5.16 Å². The van der Waals surface area contributed by atoms with Crippen molar-refractivity contribution in [3.63, 3.8) is 0 Å². The zero-order valence-electron chi connectivity index (χ0n) is 10.4. The van der Waals surface area contributed by atoms with Crippen LogP contribution in [0.15, 0.2) is 39.3 Å². The van der Waals surface area contributed by atoms with Crippen molar-refractivity contribution in [2.24, 2.45) is 0 Å². The molecule has 1 heterocycles. The largest absolute Gasteiger partial charge is 0.361 e. The molecule has 4 nitrogen and oxygen atoms in total. The fourth-order valence-electron chi connectivity index (χ4n) is 1.46. The highest BCUT2D eigenvalue weighted by Gasteiger charge is 2.05. The van der Waals surface area contributed by atoms with Crippen molar-refractivity contribution in [2.45, 2.75) is 12.7 Å². The second kappa shape index (κ2) is 6.77. The molecule has 0 unspecified atom stereocenters. The number of amides is 1. The Morgan fingerprint density at radius 3 is 2.79 bits per heavy atom. The normalized spacial score (nSPS) is 10.4. The first-order valence-electron chi connectivity index (χ1n) is 5.69. The van der Waals surface area contributed by atoms with E-state index in [1.165, 1.54) is 11.8 Å². The van der Waals surface area contributed by atoms with Crippen molar-refractivity contribution in [3.05, 3.63) is 46.3 Å². The monoisotopic (exact) mass is 340 g/mol. The van der Waals surface area contributed by atoms with Gasteiger partial charge in [-0.25, -0.2) is 0 Å². The summed E-state index contributed by atoms with van der Waals surface area (Å²) in [6.07, 6.45) is 0. The van der Waals surface area contributed by atoms with Crippen molar-refractivity contribution in [3.8, 4) is 0 Å². The van der Waals surface area contributed by atoms with Crippen LogP contribution < -0.4 is 5.32 Å². The predicted octanol–water partition coefficient (Wildman–Crippen LogP) is 3.62. The Labute approximate surface area is 124 Å². The fourth-order valence-corrected chi connectivity index (χ4v) is 2.43. The third-order valence-electron chi connectivity index (χ3n) is 2.29. The highest BCUT2D eigenvalue weighted by atomic mass is 79.9. The molecule has 0 aliphatic rings. The van der Waals surface area contributed by atoms with Crippen molar-refractivity contribution < 1.29 is 9.32 Å². The topological polar surface area (TPSA) is 55.1 Å². The van der Waals surface area contributed by atoms with Crippen LogP contribution in [0.5, 0.6) is 0 Å². The molecule has 0 aliphatic heterocycles. The van der Waals surface area contributed by atoms with Crippen LogP contribution in [0.1, 0.15) is 11.5 Å². The van der Waals surface area contributed by atoms with Crippen LogP contribution in [0.25, 0.3) is 0 Å². The van der Waals surface area contributed by atoms with Gasteiger partial charge in [-0.15, -0.1) is 11.8 Å². The van der Waals surface area contributed by atoms with E-state index >= 15 is 0 Å². The number of anilines is 1. The van der Waals surface area contributed by atoms with Crippen molar-refractivity contribution >= 4 is 39.3 Å². The number of halogens is 1. The first kappa shape index (κ1) is 14.1. The first-order valence-corrected chi connectivity index (χ1v) is 7.63. The number of carbonyl (C=O) groups excluding carboxylic acids is 1. The molecule has 0 radical (unpaired) electrons. The Morgan fingerprint density at radius 2 is 2.16 bits per heavy atom. The third-order valence-corrected chi connectivity index (χ3v) is 3.78. The summed E-state index contributed by atoms with van der Waals surface area (Å²) < 4.78 is 5.95. The highest BCUT2D eigenvalue weighted by molar-refractivity contribution is 9.10. The van der Waals surface area contributed by atoms with E-state index in [4.69, 9.17) is 4.52 Å². The van der Waals surface area contributed by atoms with E-state index in [1.54, 1.807) is 0 Å². The van der Waals surface area contributed by atoms with Gasteiger partial charge in [0, 0.05) is 22.0 Å². The summed E-state index contributed by atoms with van der Waals surface area (Å²) in [5.74, 6) is 1.83. The number of hydrogen-bond donors (Lipinski definition) is 1. The van der Waals surface area contributed by atoms with Gasteiger partial charge in [0.05, 0.1) is 11.4 Å². The van der Waals surface area contributed by atoms with Crippen LogP contribution in [0.2, 0.25) is 0 Å². The number of thioether (sulfide) groups is 1. The van der Waals surface area contributed by atoms with Gasteiger partial charge >= 0.3 is 0 Å². The van der Waals surface area contributed by atoms with Crippen LogP contribution in [0.3, 0.4) is 0 Å². The number of carbonyl (C=O) groups is 1. The van der Waals surface area contributed by atoms with Crippen LogP contribution in [0.4, 0.5) is 5.69 Å². The molecular formula is C13H13BrN2O2S. The van der Waals surface area contributed by atoms with Crippen molar-refractivity contribution in [1.29, 1.82) is 0 Å². The van der Waals surface area contributed by atoms with Crippen molar-refractivity contribution in [2.75, 3.05) is 11.1 Å². The number of hydrogen-bond acceptors (Lipinski definition) is 4. The first-order chi connectivity index (χ1) is 9.13. The molecule has 6 heteroatoms. The van der Waals surface area contributed by atoms with E-state index < -0.39 is 0 Å². The minimum atomic E-state index is -0.0208. The summed E-state index contributed by atoms with van der Waals surface area (Å²) in [7, 11) is 0. The SMILES string of the molecule is Cc1cc(CSCC(=O)Nc2ccc(Br)cc2)no1. The minimum absolute atomic E-state index is 0.0208. The maximum absolute atomic E-state index is 11.7. The molecular weight excluding hydrogens is 328 g/mol. The highest BCUT2D eigenvalue weighted by Crippen LogP contribution is 2.15. The molecule has 0 aliphatic carbocycles. The lowest BCUT2D eigenvalue weighted by molar-refractivity contribution is -0.113. The number of nitrogens with one attached hydrogen (secondary N) is 1. The third kappa shape index (κ3) is 4.72. The molecule has 0 atom stereocenters. The molecule has 2 rings (SSSR count). The Balaban J connectivity index is 1.74. The van der Waals surface area contributed by atoms with Crippen LogP contribution in [-0.2, 0) is 10.5 Å². The number of nitrogens with zero attached hydrogens (tertiary/aromatic N) is 1. The standard InChI is InChI=1S/C13H13BrN2O2S/c1-9-6-12(16-18-9)7-19-8-13(17)15-11-4-2-10(14)3-5-11/h2-6H,7-8H2,1H3,(H,15,17). The molecule has 1 amide bonds. The Bertz CT molecular complexity index is 554. The minimum Gasteiger partial charge on any atom is -0.361 e. The maximum atomic E-state index is 11.7. The van der Waals surface area contributed by atoms with Gasteiger partial charge in [-0.2, -0.15) is 0 Å². The van der Waals surface area contributed by atoms with Gasteiger partial charge in [0.15, 0.2) is 0 Å². The van der Waals surface area contributed by atoms with Crippen LogP contribution in [0, 0.1) is 6.92 Å². The van der Waals surface area contributed by atoms with E-state index in [9.17, 15) is 4.79 Å². The molecule has 0 fully saturated rings. The fraction of sp³-hybridized carbons (Fsp3) is 0.231. The van der Waals surface area contributed by atoms with Gasteiger partial charge in [0.1, 0.15) is 5.76 Å². The molecule has 1 aromatic carbocycles. The molecule has 1 N–H and O–H groups in total. The molecule has 0 saturated heterocycles. The average molecular weight is 341 g/mol. The van der Waals surface area contributed by atoms with E-state index in [0.717, 1.165) is 21.6 Å². The van der Waals surface area contributed by atoms with E-state index in [2.05, 4.69) is 26.4 Å².